The third kappa shape index (κ3) is 7.07. The van der Waals surface area contributed by atoms with Gasteiger partial charge in [-0.2, -0.15) is 0 Å². The van der Waals surface area contributed by atoms with Gasteiger partial charge in [-0.05, 0) is 92.5 Å². The van der Waals surface area contributed by atoms with Gasteiger partial charge in [-0.3, -0.25) is 9.59 Å². The highest BCUT2D eigenvalue weighted by Crippen LogP contribution is 2.42. The number of anilines is 1. The van der Waals surface area contributed by atoms with Crippen molar-refractivity contribution in [2.45, 2.75) is 85.5 Å². The molecule has 0 aliphatic heterocycles. The first-order valence-corrected chi connectivity index (χ1v) is 14.4. The number of amides is 3. The Labute approximate surface area is 243 Å². The molecule has 4 unspecified atom stereocenters. The lowest BCUT2D eigenvalue weighted by atomic mass is 9.93. The summed E-state index contributed by atoms with van der Waals surface area (Å²) in [6.07, 6.45) is 0.130. The molecule has 0 spiro atoms. The van der Waals surface area contributed by atoms with Crippen molar-refractivity contribution in [1.82, 2.24) is 10.2 Å². The molecule has 0 heterocycles. The van der Waals surface area contributed by atoms with Gasteiger partial charge >= 0.3 is 6.09 Å². The normalized spacial score (nSPS) is 18.0. The lowest BCUT2D eigenvalue weighted by molar-refractivity contribution is -0.142. The minimum atomic E-state index is -0.884. The fourth-order valence-electron chi connectivity index (χ4n) is 5.25. The maximum atomic E-state index is 14.4. The number of alkyl carbamates (subject to hydrolysis) is 1. The predicted molar refractivity (Wildman–Crippen MR) is 164 cm³/mol. The number of hydrogen-bond acceptors (Lipinski definition) is 4. The summed E-state index contributed by atoms with van der Waals surface area (Å²) in [6, 6.07) is 17.8. The molecule has 2 N–H and O–H groups in total. The summed E-state index contributed by atoms with van der Waals surface area (Å²) in [5.41, 5.74) is 2.72. The van der Waals surface area contributed by atoms with Crippen molar-refractivity contribution in [3.05, 3.63) is 77.4 Å². The number of ether oxygens (including phenoxy) is 1. The molecule has 41 heavy (non-hydrogen) atoms. The molecular formula is C34H43N3O4. The highest BCUT2D eigenvalue weighted by molar-refractivity contribution is 6.01. The van der Waals surface area contributed by atoms with Crippen LogP contribution in [0.25, 0.3) is 10.8 Å². The van der Waals surface area contributed by atoms with Gasteiger partial charge in [0.2, 0.25) is 5.91 Å². The number of hydrogen-bond donors (Lipinski definition) is 2. The second-order valence-electron chi connectivity index (χ2n) is 12.6. The molecule has 7 heteroatoms. The molecule has 3 amide bonds. The van der Waals surface area contributed by atoms with Gasteiger partial charge in [0.15, 0.2) is 0 Å². The summed E-state index contributed by atoms with van der Waals surface area (Å²) in [7, 11) is 0. The lowest BCUT2D eigenvalue weighted by Crippen LogP contribution is -2.55. The number of fused-ring (bicyclic) bond motifs is 1. The molecule has 0 saturated heterocycles. The minimum absolute atomic E-state index is 0.128. The second kappa shape index (κ2) is 11.9. The van der Waals surface area contributed by atoms with Crippen molar-refractivity contribution in [3.8, 4) is 0 Å². The Morgan fingerprint density at radius 3 is 2.22 bits per heavy atom. The predicted octanol–water partition coefficient (Wildman–Crippen LogP) is 6.92. The van der Waals surface area contributed by atoms with E-state index in [1.807, 2.05) is 88.4 Å². The van der Waals surface area contributed by atoms with Crippen LogP contribution in [0.15, 0.2) is 60.7 Å². The Kier molecular flexibility index (Phi) is 8.76. The standard InChI is InChI=1S/C34H43N3O4/c1-20(2)29(36-33(40)41-34(6,7)8)32(39)37(28-18-22(28)4)30(27-15-11-12-21(3)23(27)5)31(38)35-26-17-16-24-13-9-10-14-25(24)19-26/h9-17,19-20,22,28-30H,18H2,1-8H3,(H,35,38)(H,36,40). The number of nitrogens with zero attached hydrogens (tertiary/aromatic N) is 1. The molecule has 1 saturated carbocycles. The Morgan fingerprint density at radius 1 is 0.951 bits per heavy atom. The largest absolute Gasteiger partial charge is 0.444 e. The van der Waals surface area contributed by atoms with E-state index < -0.39 is 23.8 Å². The second-order valence-corrected chi connectivity index (χ2v) is 12.6. The van der Waals surface area contributed by atoms with Crippen molar-refractivity contribution in [3.63, 3.8) is 0 Å². The first kappa shape index (κ1) is 30.1. The van der Waals surface area contributed by atoms with Crippen LogP contribution in [-0.4, -0.2) is 40.5 Å². The molecular weight excluding hydrogens is 514 g/mol. The summed E-state index contributed by atoms with van der Waals surface area (Å²) >= 11 is 0. The van der Waals surface area contributed by atoms with E-state index in [1.165, 1.54) is 0 Å². The summed E-state index contributed by atoms with van der Waals surface area (Å²) in [6.45, 7) is 15.2. The van der Waals surface area contributed by atoms with Crippen LogP contribution in [0.5, 0.6) is 0 Å². The molecule has 1 fully saturated rings. The number of carbonyl (C=O) groups is 3. The van der Waals surface area contributed by atoms with E-state index in [1.54, 1.807) is 25.7 Å². The van der Waals surface area contributed by atoms with E-state index in [0.29, 0.717) is 5.69 Å². The average Bonchev–Trinajstić information content (AvgIpc) is 3.61. The van der Waals surface area contributed by atoms with Gasteiger partial charge < -0.3 is 20.3 Å². The van der Waals surface area contributed by atoms with Gasteiger partial charge in [0.1, 0.15) is 17.7 Å². The van der Waals surface area contributed by atoms with Gasteiger partial charge in [0.25, 0.3) is 5.91 Å². The van der Waals surface area contributed by atoms with Crippen molar-refractivity contribution in [2.24, 2.45) is 11.8 Å². The van der Waals surface area contributed by atoms with Crippen LogP contribution in [0, 0.1) is 25.7 Å². The van der Waals surface area contributed by atoms with E-state index in [0.717, 1.165) is 33.9 Å². The number of aryl methyl sites for hydroxylation is 1. The van der Waals surface area contributed by atoms with Gasteiger partial charge in [-0.15, -0.1) is 0 Å². The number of benzene rings is 3. The van der Waals surface area contributed by atoms with Crippen molar-refractivity contribution < 1.29 is 19.1 Å². The smallest absolute Gasteiger partial charge is 0.408 e. The van der Waals surface area contributed by atoms with Crippen molar-refractivity contribution in [2.75, 3.05) is 5.32 Å². The van der Waals surface area contributed by atoms with Crippen LogP contribution < -0.4 is 10.6 Å². The van der Waals surface area contributed by atoms with Crippen LogP contribution in [-0.2, 0) is 14.3 Å². The maximum absolute atomic E-state index is 14.4. The van der Waals surface area contributed by atoms with Gasteiger partial charge in [-0.25, -0.2) is 4.79 Å². The summed E-state index contributed by atoms with van der Waals surface area (Å²) in [4.78, 5) is 43.2. The molecule has 0 bridgehead atoms. The number of carbonyl (C=O) groups excluding carboxylic acids is 3. The van der Waals surface area contributed by atoms with Crippen LogP contribution >= 0.6 is 0 Å². The highest BCUT2D eigenvalue weighted by atomic mass is 16.6. The van der Waals surface area contributed by atoms with Crippen LogP contribution in [0.4, 0.5) is 10.5 Å². The lowest BCUT2D eigenvalue weighted by Gasteiger charge is -2.36. The third-order valence-corrected chi connectivity index (χ3v) is 7.77. The van der Waals surface area contributed by atoms with E-state index in [-0.39, 0.29) is 29.7 Å². The third-order valence-electron chi connectivity index (χ3n) is 7.77. The molecule has 3 aromatic rings. The zero-order chi connectivity index (χ0) is 30.1. The zero-order valence-corrected chi connectivity index (χ0v) is 25.4. The molecule has 4 rings (SSSR count). The van der Waals surface area contributed by atoms with Gasteiger partial charge in [0, 0.05) is 11.7 Å². The first-order chi connectivity index (χ1) is 19.3. The van der Waals surface area contributed by atoms with Gasteiger partial charge in [0.05, 0.1) is 0 Å². The molecule has 1 aliphatic rings. The molecule has 7 nitrogen and oxygen atoms in total. The van der Waals surface area contributed by atoms with Crippen LogP contribution in [0.1, 0.15) is 70.7 Å². The summed E-state index contributed by atoms with van der Waals surface area (Å²) in [5.74, 6) is -0.579. The van der Waals surface area contributed by atoms with Crippen LogP contribution in [0.2, 0.25) is 0 Å². The SMILES string of the molecule is Cc1cccc(C(C(=O)Nc2ccc3ccccc3c2)N(C(=O)C(NC(=O)OC(C)(C)C)C(C)C)C2CC2C)c1C. The molecule has 218 valence electrons. The maximum Gasteiger partial charge on any atom is 0.408 e. The van der Waals surface area contributed by atoms with Gasteiger partial charge in [-0.1, -0.05) is 69.3 Å². The van der Waals surface area contributed by atoms with Crippen molar-refractivity contribution >= 4 is 34.4 Å². The fourth-order valence-corrected chi connectivity index (χ4v) is 5.25. The number of rotatable bonds is 8. The van der Waals surface area contributed by atoms with E-state index in [4.69, 9.17) is 4.74 Å². The highest BCUT2D eigenvalue weighted by Gasteiger charge is 2.49. The molecule has 0 radical (unpaired) electrons. The summed E-state index contributed by atoms with van der Waals surface area (Å²) < 4.78 is 5.49. The zero-order valence-electron chi connectivity index (χ0n) is 25.4. The first-order valence-electron chi connectivity index (χ1n) is 14.4. The van der Waals surface area contributed by atoms with E-state index in [2.05, 4.69) is 17.6 Å². The Bertz CT molecular complexity index is 1440. The Morgan fingerprint density at radius 2 is 1.61 bits per heavy atom. The monoisotopic (exact) mass is 557 g/mol. The molecule has 4 atom stereocenters. The fraction of sp³-hybridized carbons (Fsp3) is 0.441. The summed E-state index contributed by atoms with van der Waals surface area (Å²) in [5, 5.41) is 8.00. The quantitative estimate of drug-likeness (QED) is 0.315. The van der Waals surface area contributed by atoms with E-state index >= 15 is 0 Å². The number of nitrogens with one attached hydrogen (secondary N) is 2. The topological polar surface area (TPSA) is 87.7 Å². The average molecular weight is 558 g/mol. The minimum Gasteiger partial charge on any atom is -0.444 e. The molecule has 3 aromatic carbocycles. The Hall–Kier alpha value is -3.87. The Balaban J connectivity index is 1.75. The van der Waals surface area contributed by atoms with E-state index in [9.17, 15) is 14.4 Å². The van der Waals surface area contributed by atoms with Crippen LogP contribution in [0.3, 0.4) is 0 Å². The molecule has 1 aliphatic carbocycles. The van der Waals surface area contributed by atoms with Crippen molar-refractivity contribution in [1.29, 1.82) is 0 Å². The molecule has 0 aromatic heterocycles.